The van der Waals surface area contributed by atoms with Crippen molar-refractivity contribution in [1.29, 1.82) is 0 Å². The van der Waals surface area contributed by atoms with E-state index in [1.54, 1.807) is 24.3 Å². The van der Waals surface area contributed by atoms with Gasteiger partial charge in [-0.1, -0.05) is 67.9 Å². The van der Waals surface area contributed by atoms with Crippen LogP contribution in [0.15, 0.2) is 42.5 Å². The molecule has 2 aromatic rings. The molecule has 0 fully saturated rings. The van der Waals surface area contributed by atoms with E-state index in [2.05, 4.69) is 50.7 Å². The quantitative estimate of drug-likeness (QED) is 0.614. The van der Waals surface area contributed by atoms with Crippen molar-refractivity contribution in [2.45, 2.75) is 39.3 Å². The molecule has 0 unspecified atom stereocenters. The summed E-state index contributed by atoms with van der Waals surface area (Å²) in [5.74, 6) is -0.518. The van der Waals surface area contributed by atoms with Crippen LogP contribution in [0.4, 0.5) is 5.69 Å². The molecule has 0 aliphatic rings. The lowest BCUT2D eigenvalue weighted by Crippen LogP contribution is -2.46. The predicted octanol–water partition coefficient (Wildman–Crippen LogP) is 3.82. The summed E-state index contributed by atoms with van der Waals surface area (Å²) in [6, 6.07) is 13.1. The molecule has 0 heterocycles. The summed E-state index contributed by atoms with van der Waals surface area (Å²) in [5, 5.41) is 5.54. The largest absolute Gasteiger partial charge is 0.465 e. The smallest absolute Gasteiger partial charge is 0.337 e. The molecule has 4 nitrogen and oxygen atoms in total. The summed E-state index contributed by atoms with van der Waals surface area (Å²) in [7, 11) is -1.75. The molecule has 1 N–H and O–H groups in total. The molecule has 0 radical (unpaired) electrons. The van der Waals surface area contributed by atoms with Gasteiger partial charge in [0.2, 0.25) is 0 Å². The maximum atomic E-state index is 12.9. The molecule has 0 bridgehead atoms. The third-order valence-corrected chi connectivity index (χ3v) is 8.53. The lowest BCUT2D eigenvalue weighted by molar-refractivity contribution is 0.0600. The van der Waals surface area contributed by atoms with Crippen LogP contribution < -0.4 is 15.7 Å². The second kappa shape index (κ2) is 7.82. The van der Waals surface area contributed by atoms with Gasteiger partial charge in [-0.25, -0.2) is 4.79 Å². The third kappa shape index (κ3) is 5.40. The fourth-order valence-corrected chi connectivity index (χ4v) is 5.13. The van der Waals surface area contributed by atoms with Gasteiger partial charge >= 0.3 is 5.97 Å². The van der Waals surface area contributed by atoms with Crippen LogP contribution in [0.5, 0.6) is 0 Å². The van der Waals surface area contributed by atoms with Crippen molar-refractivity contribution in [2.75, 3.05) is 12.4 Å². The number of hydrogen-bond acceptors (Lipinski definition) is 3. The van der Waals surface area contributed by atoms with Crippen LogP contribution in [-0.2, 0) is 4.74 Å². The highest BCUT2D eigenvalue weighted by Crippen LogP contribution is 2.14. The molecular weight excluding hydrogens is 370 g/mol. The first-order chi connectivity index (χ1) is 12.4. The van der Waals surface area contributed by atoms with E-state index in [9.17, 15) is 9.59 Å². The lowest BCUT2D eigenvalue weighted by Gasteiger charge is -2.24. The number of esters is 1. The predicted molar refractivity (Wildman–Crippen MR) is 118 cm³/mol. The average Bonchev–Trinajstić information content (AvgIpc) is 2.59. The first kappa shape index (κ1) is 21.1. The van der Waals surface area contributed by atoms with E-state index in [-0.39, 0.29) is 5.91 Å². The molecule has 0 saturated heterocycles. The highest BCUT2D eigenvalue weighted by molar-refractivity contribution is 6.91. The maximum absolute atomic E-state index is 12.9. The Labute approximate surface area is 164 Å². The summed E-state index contributed by atoms with van der Waals surface area (Å²) in [5.41, 5.74) is 1.81. The highest BCUT2D eigenvalue weighted by Gasteiger charge is 2.24. The Morgan fingerprint density at radius 3 is 1.67 bits per heavy atom. The van der Waals surface area contributed by atoms with Crippen LogP contribution in [0, 0.1) is 0 Å². The molecule has 0 atom stereocenters. The van der Waals surface area contributed by atoms with E-state index in [0.29, 0.717) is 16.8 Å². The number of amides is 1. The molecule has 6 heteroatoms. The van der Waals surface area contributed by atoms with Crippen LogP contribution in [0.2, 0.25) is 39.3 Å². The lowest BCUT2D eigenvalue weighted by atomic mass is 10.2. The number of benzene rings is 2. The first-order valence-electron chi connectivity index (χ1n) is 9.07. The van der Waals surface area contributed by atoms with E-state index < -0.39 is 22.1 Å². The van der Waals surface area contributed by atoms with Crippen molar-refractivity contribution in [3.8, 4) is 0 Å². The molecule has 0 spiro atoms. The van der Waals surface area contributed by atoms with Gasteiger partial charge in [-0.15, -0.1) is 0 Å². The second-order valence-electron chi connectivity index (χ2n) is 8.82. The molecule has 0 aliphatic carbocycles. The van der Waals surface area contributed by atoms with Crippen LogP contribution in [0.3, 0.4) is 0 Å². The van der Waals surface area contributed by atoms with Crippen molar-refractivity contribution < 1.29 is 14.3 Å². The monoisotopic (exact) mass is 399 g/mol. The molecule has 0 saturated carbocycles. The van der Waals surface area contributed by atoms with Gasteiger partial charge in [-0.05, 0) is 24.3 Å². The second-order valence-corrected chi connectivity index (χ2v) is 19.0. The normalized spacial score (nSPS) is 11.8. The number of nitrogens with one attached hydrogen (secondary N) is 1. The fraction of sp³-hybridized carbons (Fsp3) is 0.333. The summed E-state index contributed by atoms with van der Waals surface area (Å²) >= 11 is 0. The number of carbonyl (C=O) groups is 2. The van der Waals surface area contributed by atoms with Crippen LogP contribution >= 0.6 is 0 Å². The van der Waals surface area contributed by atoms with Gasteiger partial charge in [0.25, 0.3) is 5.91 Å². The highest BCUT2D eigenvalue weighted by atomic mass is 28.3. The van der Waals surface area contributed by atoms with Gasteiger partial charge in [0.15, 0.2) is 0 Å². The van der Waals surface area contributed by atoms with Crippen molar-refractivity contribution in [3.63, 3.8) is 0 Å². The van der Waals surface area contributed by atoms with Crippen molar-refractivity contribution in [3.05, 3.63) is 53.6 Å². The van der Waals surface area contributed by atoms with Gasteiger partial charge in [0.1, 0.15) is 0 Å². The van der Waals surface area contributed by atoms with Crippen LogP contribution in [-0.4, -0.2) is 35.1 Å². The standard InChI is InChI=1S/C21H29NO3Si2/c1-25-21(24)15-8-10-17(11-9-15)22-20(23)16-12-18(26(2,3)4)14-19(13-16)27(5,6)7/h8-14H,1-7H3,(H,22,23). The van der Waals surface area contributed by atoms with Gasteiger partial charge < -0.3 is 10.1 Å². The van der Waals surface area contributed by atoms with E-state index in [1.165, 1.54) is 17.5 Å². The maximum Gasteiger partial charge on any atom is 0.337 e. The Hall–Kier alpha value is -2.19. The third-order valence-electron chi connectivity index (χ3n) is 4.49. The van der Waals surface area contributed by atoms with E-state index in [0.717, 1.165) is 0 Å². The SMILES string of the molecule is COC(=O)c1ccc(NC(=O)c2cc([Si](C)(C)C)cc([Si](C)(C)C)c2)cc1. The number of ether oxygens (including phenoxy) is 1. The molecular formula is C21H29NO3Si2. The zero-order valence-electron chi connectivity index (χ0n) is 17.3. The number of rotatable bonds is 5. The molecule has 144 valence electrons. The number of carbonyl (C=O) groups excluding carboxylic acids is 2. The van der Waals surface area contributed by atoms with Crippen molar-refractivity contribution in [1.82, 2.24) is 0 Å². The molecule has 1 amide bonds. The van der Waals surface area contributed by atoms with Crippen molar-refractivity contribution in [2.24, 2.45) is 0 Å². The summed E-state index contributed by atoms with van der Waals surface area (Å²) in [6.45, 7) is 13.8. The molecule has 2 aromatic carbocycles. The van der Waals surface area contributed by atoms with E-state index >= 15 is 0 Å². The summed E-state index contributed by atoms with van der Waals surface area (Å²) < 4.78 is 4.70. The minimum Gasteiger partial charge on any atom is -0.465 e. The van der Waals surface area contributed by atoms with Crippen LogP contribution in [0.25, 0.3) is 0 Å². The Bertz CT molecular complexity index is 815. The first-order valence-corrected chi connectivity index (χ1v) is 16.1. The van der Waals surface area contributed by atoms with E-state index in [4.69, 9.17) is 4.74 Å². The molecule has 0 aliphatic heterocycles. The van der Waals surface area contributed by atoms with Gasteiger partial charge in [-0.3, -0.25) is 4.79 Å². The van der Waals surface area contributed by atoms with Crippen LogP contribution in [0.1, 0.15) is 20.7 Å². The zero-order chi connectivity index (χ0) is 20.4. The molecule has 2 rings (SSSR count). The number of methoxy groups -OCH3 is 1. The summed E-state index contributed by atoms with van der Waals surface area (Å²) in [4.78, 5) is 24.4. The minimum atomic E-state index is -1.55. The number of anilines is 1. The molecule has 27 heavy (non-hydrogen) atoms. The Morgan fingerprint density at radius 1 is 0.778 bits per heavy atom. The molecule has 0 aromatic heterocycles. The Morgan fingerprint density at radius 2 is 1.26 bits per heavy atom. The Kier molecular flexibility index (Phi) is 6.12. The minimum absolute atomic E-state index is 0.125. The van der Waals surface area contributed by atoms with Gasteiger partial charge in [0.05, 0.1) is 28.8 Å². The Balaban J connectivity index is 2.33. The number of hydrogen-bond donors (Lipinski definition) is 1. The summed E-state index contributed by atoms with van der Waals surface area (Å²) in [6.07, 6.45) is 0. The van der Waals surface area contributed by atoms with Gasteiger partial charge in [-0.2, -0.15) is 0 Å². The zero-order valence-corrected chi connectivity index (χ0v) is 19.3. The van der Waals surface area contributed by atoms with E-state index in [1.807, 2.05) is 12.1 Å². The van der Waals surface area contributed by atoms with Crippen molar-refractivity contribution >= 4 is 44.1 Å². The average molecular weight is 400 g/mol. The van der Waals surface area contributed by atoms with Gasteiger partial charge in [0, 0.05) is 11.3 Å². The topological polar surface area (TPSA) is 55.4 Å². The fourth-order valence-electron chi connectivity index (χ4n) is 2.64.